The Morgan fingerprint density at radius 1 is 0.969 bits per heavy atom. The molecule has 4 rings (SSSR count). The smallest absolute Gasteiger partial charge is 0.266 e. The van der Waals surface area contributed by atoms with Gasteiger partial charge in [0.05, 0.1) is 20.8 Å². The molecule has 1 N–H and O–H groups in total. The molecule has 0 atom stereocenters. The summed E-state index contributed by atoms with van der Waals surface area (Å²) in [6, 6.07) is 22.2. The third kappa shape index (κ3) is 4.66. The number of carbonyl (C=O) groups excluding carboxylic acids is 1. The van der Waals surface area contributed by atoms with Crippen LogP contribution in [0, 0.1) is 11.3 Å². The monoisotopic (exact) mass is 479 g/mol. The van der Waals surface area contributed by atoms with Gasteiger partial charge in [-0.1, -0.05) is 71.2 Å². The Bertz CT molecular complexity index is 1400. The number of nitrogens with zero attached hydrogens (tertiary/aromatic N) is 2. The normalized spacial score (nSPS) is 11.4. The highest BCUT2D eigenvalue weighted by Gasteiger charge is 2.14. The summed E-state index contributed by atoms with van der Waals surface area (Å²) in [4.78, 5) is 12.7. The van der Waals surface area contributed by atoms with Gasteiger partial charge in [-0.25, -0.2) is 0 Å². The van der Waals surface area contributed by atoms with Crippen molar-refractivity contribution >= 4 is 63.4 Å². The van der Waals surface area contributed by atoms with Gasteiger partial charge in [0.2, 0.25) is 0 Å². The molecule has 1 aromatic heterocycles. The molecule has 7 heteroatoms. The van der Waals surface area contributed by atoms with E-state index in [0.29, 0.717) is 27.3 Å². The number of benzene rings is 3. The average molecular weight is 481 g/mol. The van der Waals surface area contributed by atoms with E-state index in [9.17, 15) is 10.1 Å². The van der Waals surface area contributed by atoms with Crippen molar-refractivity contribution in [3.63, 3.8) is 0 Å². The minimum absolute atomic E-state index is 0.0256. The van der Waals surface area contributed by atoms with Crippen molar-refractivity contribution < 1.29 is 4.79 Å². The van der Waals surface area contributed by atoms with Crippen LogP contribution < -0.4 is 5.32 Å². The molecule has 3 aromatic carbocycles. The maximum atomic E-state index is 12.7. The zero-order valence-corrected chi connectivity index (χ0v) is 18.9. The summed E-state index contributed by atoms with van der Waals surface area (Å²) in [7, 11) is 0. The minimum Gasteiger partial charge on any atom is -0.342 e. The fourth-order valence-corrected chi connectivity index (χ4v) is 3.92. The highest BCUT2D eigenvalue weighted by Crippen LogP contribution is 2.27. The molecule has 4 nitrogen and oxygen atoms in total. The number of rotatable bonds is 5. The van der Waals surface area contributed by atoms with Crippen molar-refractivity contribution in [2.75, 3.05) is 5.32 Å². The minimum atomic E-state index is -0.526. The van der Waals surface area contributed by atoms with Gasteiger partial charge in [-0.15, -0.1) is 0 Å². The first-order valence-electron chi connectivity index (χ1n) is 9.66. The average Bonchev–Trinajstić information content (AvgIpc) is 3.13. The van der Waals surface area contributed by atoms with Gasteiger partial charge in [0, 0.05) is 29.2 Å². The Hall–Kier alpha value is -3.23. The molecular weight excluding hydrogens is 465 g/mol. The molecule has 0 aliphatic heterocycles. The van der Waals surface area contributed by atoms with Crippen LogP contribution >= 0.6 is 34.8 Å². The second-order valence-electron chi connectivity index (χ2n) is 7.08. The highest BCUT2D eigenvalue weighted by molar-refractivity contribution is 6.42. The molecule has 158 valence electrons. The second kappa shape index (κ2) is 9.50. The SMILES string of the molecule is N#C/C(=C\c1cn(Cc2ccc(Cl)c(Cl)c2)c2ccccc12)C(=O)Nc1ccccc1Cl. The van der Waals surface area contributed by atoms with Gasteiger partial charge in [-0.05, 0) is 42.0 Å². The maximum Gasteiger partial charge on any atom is 0.266 e. The first kappa shape index (κ1) is 22.0. The van der Waals surface area contributed by atoms with Crippen LogP contribution in [0.3, 0.4) is 0 Å². The summed E-state index contributed by atoms with van der Waals surface area (Å²) in [6.45, 7) is 0.555. The fourth-order valence-electron chi connectivity index (χ4n) is 3.41. The van der Waals surface area contributed by atoms with Gasteiger partial charge < -0.3 is 9.88 Å². The predicted molar refractivity (Wildman–Crippen MR) is 131 cm³/mol. The van der Waals surface area contributed by atoms with Crippen molar-refractivity contribution in [2.24, 2.45) is 0 Å². The lowest BCUT2D eigenvalue weighted by Gasteiger charge is -2.07. The molecule has 0 saturated carbocycles. The first-order valence-corrected chi connectivity index (χ1v) is 10.8. The quantitative estimate of drug-likeness (QED) is 0.243. The summed E-state index contributed by atoms with van der Waals surface area (Å²) in [5, 5.41) is 14.6. The van der Waals surface area contributed by atoms with Gasteiger partial charge in [0.15, 0.2) is 0 Å². The van der Waals surface area contributed by atoms with E-state index in [1.54, 1.807) is 36.4 Å². The number of hydrogen-bond donors (Lipinski definition) is 1. The Morgan fingerprint density at radius 3 is 2.47 bits per heavy atom. The van der Waals surface area contributed by atoms with Crippen molar-refractivity contribution in [1.29, 1.82) is 5.26 Å². The van der Waals surface area contributed by atoms with Crippen LogP contribution in [0.4, 0.5) is 5.69 Å². The number of hydrogen-bond acceptors (Lipinski definition) is 2. The topological polar surface area (TPSA) is 57.8 Å². The molecule has 0 saturated heterocycles. The zero-order valence-electron chi connectivity index (χ0n) is 16.6. The second-order valence-corrected chi connectivity index (χ2v) is 8.30. The number of nitrogens with one attached hydrogen (secondary N) is 1. The van der Waals surface area contributed by atoms with Gasteiger partial charge in [0.1, 0.15) is 11.6 Å². The molecular formula is C25H16Cl3N3O. The first-order chi connectivity index (χ1) is 15.5. The van der Waals surface area contributed by atoms with Gasteiger partial charge in [-0.2, -0.15) is 5.26 Å². The Morgan fingerprint density at radius 2 is 1.72 bits per heavy atom. The van der Waals surface area contributed by atoms with E-state index in [0.717, 1.165) is 22.0 Å². The fraction of sp³-hybridized carbons (Fsp3) is 0.0400. The van der Waals surface area contributed by atoms with Crippen LogP contribution in [-0.2, 0) is 11.3 Å². The van der Waals surface area contributed by atoms with Crippen molar-refractivity contribution in [1.82, 2.24) is 4.57 Å². The number of carbonyl (C=O) groups is 1. The number of amides is 1. The lowest BCUT2D eigenvalue weighted by atomic mass is 10.1. The summed E-state index contributed by atoms with van der Waals surface area (Å²) in [6.07, 6.45) is 3.49. The molecule has 0 radical (unpaired) electrons. The molecule has 0 unspecified atom stereocenters. The number of para-hydroxylation sites is 2. The van der Waals surface area contributed by atoms with Gasteiger partial charge in [-0.3, -0.25) is 4.79 Å². The van der Waals surface area contributed by atoms with Gasteiger partial charge >= 0.3 is 0 Å². The van der Waals surface area contributed by atoms with E-state index in [4.69, 9.17) is 34.8 Å². The van der Waals surface area contributed by atoms with Crippen LogP contribution in [0.2, 0.25) is 15.1 Å². The highest BCUT2D eigenvalue weighted by atomic mass is 35.5. The standard InChI is InChI=1S/C25H16Cl3N3O/c26-20-10-9-16(11-22(20)28)14-31-15-18(19-5-1-4-8-24(19)31)12-17(13-29)25(32)30-23-7-3-2-6-21(23)27/h1-12,15H,14H2,(H,30,32)/b17-12+. The molecule has 0 aliphatic carbocycles. The van der Waals surface area contributed by atoms with Crippen molar-refractivity contribution in [3.8, 4) is 6.07 Å². The van der Waals surface area contributed by atoms with Crippen molar-refractivity contribution in [2.45, 2.75) is 6.54 Å². The third-order valence-corrected chi connectivity index (χ3v) is 6.01. The van der Waals surface area contributed by atoms with Crippen LogP contribution in [-0.4, -0.2) is 10.5 Å². The van der Waals surface area contributed by atoms with E-state index in [1.807, 2.05) is 53.2 Å². The van der Waals surface area contributed by atoms with E-state index in [2.05, 4.69) is 5.32 Å². The molecule has 0 spiro atoms. The summed E-state index contributed by atoms with van der Waals surface area (Å²) < 4.78 is 2.04. The van der Waals surface area contributed by atoms with E-state index >= 15 is 0 Å². The number of anilines is 1. The maximum absolute atomic E-state index is 12.7. The Balaban J connectivity index is 1.69. The molecule has 1 amide bonds. The summed E-state index contributed by atoms with van der Waals surface area (Å²) in [5.74, 6) is -0.526. The molecule has 1 heterocycles. The Labute approximate surface area is 200 Å². The van der Waals surface area contributed by atoms with Crippen LogP contribution in [0.5, 0.6) is 0 Å². The van der Waals surface area contributed by atoms with E-state index in [-0.39, 0.29) is 5.57 Å². The summed E-state index contributed by atoms with van der Waals surface area (Å²) in [5.41, 5.74) is 3.12. The molecule has 0 aliphatic rings. The van der Waals surface area contributed by atoms with Crippen LogP contribution in [0.1, 0.15) is 11.1 Å². The largest absolute Gasteiger partial charge is 0.342 e. The molecule has 4 aromatic rings. The van der Waals surface area contributed by atoms with Crippen LogP contribution in [0.25, 0.3) is 17.0 Å². The molecule has 32 heavy (non-hydrogen) atoms. The number of fused-ring (bicyclic) bond motifs is 1. The van der Waals surface area contributed by atoms with Gasteiger partial charge in [0.25, 0.3) is 5.91 Å². The molecule has 0 bridgehead atoms. The lowest BCUT2D eigenvalue weighted by Crippen LogP contribution is -2.13. The predicted octanol–water partition coefficient (Wildman–Crippen LogP) is 7.20. The molecule has 0 fully saturated rings. The third-order valence-electron chi connectivity index (χ3n) is 4.94. The van der Waals surface area contributed by atoms with E-state index < -0.39 is 5.91 Å². The number of aromatic nitrogens is 1. The van der Waals surface area contributed by atoms with Crippen LogP contribution in [0.15, 0.2) is 78.5 Å². The van der Waals surface area contributed by atoms with E-state index in [1.165, 1.54) is 0 Å². The summed E-state index contributed by atoms with van der Waals surface area (Å²) >= 11 is 18.3. The number of halogens is 3. The Kier molecular flexibility index (Phi) is 6.53. The van der Waals surface area contributed by atoms with Crippen molar-refractivity contribution in [3.05, 3.63) is 105 Å². The lowest BCUT2D eigenvalue weighted by molar-refractivity contribution is -0.112. The number of nitriles is 1. The zero-order chi connectivity index (χ0) is 22.7.